The van der Waals surface area contributed by atoms with Crippen LogP contribution in [0.25, 0.3) is 11.4 Å². The fourth-order valence-corrected chi connectivity index (χ4v) is 3.31. The second-order valence-electron chi connectivity index (χ2n) is 5.20. The molecule has 0 spiro atoms. The Bertz CT molecular complexity index is 956. The quantitative estimate of drug-likeness (QED) is 0.707. The number of sulfone groups is 1. The van der Waals surface area contributed by atoms with Gasteiger partial charge in [-0.3, -0.25) is 4.98 Å². The van der Waals surface area contributed by atoms with Crippen LogP contribution in [0.15, 0.2) is 46.9 Å². The van der Waals surface area contributed by atoms with Crippen LogP contribution in [0.1, 0.15) is 4.88 Å². The zero-order chi connectivity index (χ0) is 17.9. The minimum atomic E-state index is -3.30. The third kappa shape index (κ3) is 4.12. The molecule has 0 amide bonds. The molecule has 0 fully saturated rings. The molecule has 3 heterocycles. The summed E-state index contributed by atoms with van der Waals surface area (Å²) in [6.45, 7) is 0.637. The summed E-state index contributed by atoms with van der Waals surface area (Å²) in [7, 11) is -1.80. The molecule has 0 saturated carbocycles. The van der Waals surface area contributed by atoms with Crippen molar-refractivity contribution in [3.63, 3.8) is 0 Å². The molecule has 0 aliphatic heterocycles. The van der Waals surface area contributed by atoms with E-state index in [0.29, 0.717) is 29.6 Å². The number of hydrogen-bond acceptors (Lipinski definition) is 8. The van der Waals surface area contributed by atoms with Crippen LogP contribution in [-0.4, -0.2) is 36.7 Å². The van der Waals surface area contributed by atoms with Crippen LogP contribution in [0, 0.1) is 0 Å². The zero-order valence-corrected chi connectivity index (χ0v) is 15.3. The van der Waals surface area contributed by atoms with Crippen molar-refractivity contribution in [2.24, 2.45) is 0 Å². The molecule has 25 heavy (non-hydrogen) atoms. The number of rotatable bonds is 6. The molecule has 0 atom stereocenters. The minimum absolute atomic E-state index is 0.148. The van der Waals surface area contributed by atoms with Crippen LogP contribution < -0.4 is 10.1 Å². The van der Waals surface area contributed by atoms with Gasteiger partial charge in [0.2, 0.25) is 5.88 Å². The second-order valence-corrected chi connectivity index (χ2v) is 8.25. The number of hydrogen-bond donors (Lipinski definition) is 1. The van der Waals surface area contributed by atoms with Gasteiger partial charge in [0.25, 0.3) is 0 Å². The number of aromatic nitrogens is 3. The highest BCUT2D eigenvalue weighted by Gasteiger charge is 2.14. The third-order valence-electron chi connectivity index (χ3n) is 3.36. The molecule has 3 aromatic heterocycles. The van der Waals surface area contributed by atoms with Gasteiger partial charge in [-0.15, -0.1) is 11.3 Å². The largest absolute Gasteiger partial charge is 0.479 e. The van der Waals surface area contributed by atoms with E-state index < -0.39 is 9.84 Å². The van der Waals surface area contributed by atoms with E-state index in [1.54, 1.807) is 23.6 Å². The lowest BCUT2D eigenvalue weighted by Gasteiger charge is -2.10. The highest BCUT2D eigenvalue weighted by molar-refractivity contribution is 7.90. The predicted octanol–water partition coefficient (Wildman–Crippen LogP) is 2.62. The summed E-state index contributed by atoms with van der Waals surface area (Å²) in [5.74, 6) is 0.902. The molecule has 0 aromatic carbocycles. The molecule has 9 heteroatoms. The van der Waals surface area contributed by atoms with E-state index >= 15 is 0 Å². The van der Waals surface area contributed by atoms with Gasteiger partial charge in [-0.05, 0) is 23.6 Å². The zero-order valence-electron chi connectivity index (χ0n) is 13.6. The van der Waals surface area contributed by atoms with Crippen molar-refractivity contribution in [3.05, 3.63) is 46.9 Å². The van der Waals surface area contributed by atoms with Crippen molar-refractivity contribution in [1.82, 2.24) is 15.0 Å². The summed E-state index contributed by atoms with van der Waals surface area (Å²) in [5, 5.41) is 5.21. The van der Waals surface area contributed by atoms with E-state index in [-0.39, 0.29) is 4.90 Å². The lowest BCUT2D eigenvalue weighted by atomic mass is 10.2. The molecule has 0 aliphatic rings. The maximum absolute atomic E-state index is 11.6. The fraction of sp³-hybridized carbons (Fsp3) is 0.188. The van der Waals surface area contributed by atoms with Gasteiger partial charge in [0.1, 0.15) is 5.82 Å². The summed E-state index contributed by atoms with van der Waals surface area (Å²) >= 11 is 1.65. The lowest BCUT2D eigenvalue weighted by Crippen LogP contribution is -2.04. The molecular formula is C16H16N4O3S2. The predicted molar refractivity (Wildman–Crippen MR) is 96.6 cm³/mol. The van der Waals surface area contributed by atoms with E-state index in [0.717, 1.165) is 6.26 Å². The maximum atomic E-state index is 11.6. The monoisotopic (exact) mass is 376 g/mol. The van der Waals surface area contributed by atoms with Crippen molar-refractivity contribution in [2.75, 3.05) is 18.7 Å². The Morgan fingerprint density at radius 3 is 2.64 bits per heavy atom. The first-order valence-corrected chi connectivity index (χ1v) is 10.1. The normalized spacial score (nSPS) is 11.3. The lowest BCUT2D eigenvalue weighted by molar-refractivity contribution is 0.398. The smallest absolute Gasteiger partial charge is 0.242 e. The van der Waals surface area contributed by atoms with Crippen molar-refractivity contribution in [1.29, 1.82) is 0 Å². The second kappa shape index (κ2) is 7.16. The maximum Gasteiger partial charge on any atom is 0.242 e. The van der Waals surface area contributed by atoms with Gasteiger partial charge in [0, 0.05) is 17.3 Å². The van der Waals surface area contributed by atoms with Crippen molar-refractivity contribution in [3.8, 4) is 17.3 Å². The van der Waals surface area contributed by atoms with Crippen molar-refractivity contribution >= 4 is 27.0 Å². The van der Waals surface area contributed by atoms with Crippen molar-refractivity contribution in [2.45, 2.75) is 11.4 Å². The Hall–Kier alpha value is -2.52. The number of methoxy groups -OCH3 is 1. The highest BCUT2D eigenvalue weighted by atomic mass is 32.2. The number of thiophene rings is 1. The van der Waals surface area contributed by atoms with Crippen LogP contribution >= 0.6 is 11.3 Å². The van der Waals surface area contributed by atoms with Crippen LogP contribution in [0.5, 0.6) is 5.88 Å². The highest BCUT2D eigenvalue weighted by Crippen LogP contribution is 2.26. The van der Waals surface area contributed by atoms with E-state index in [2.05, 4.69) is 20.3 Å². The van der Waals surface area contributed by atoms with Gasteiger partial charge in [-0.2, -0.15) is 0 Å². The summed E-state index contributed by atoms with van der Waals surface area (Å²) in [4.78, 5) is 14.3. The number of nitrogens with zero attached hydrogens (tertiary/aromatic N) is 3. The summed E-state index contributed by atoms with van der Waals surface area (Å²) in [6.07, 6.45) is 4.03. The number of nitrogens with one attached hydrogen (secondary N) is 1. The van der Waals surface area contributed by atoms with E-state index in [4.69, 9.17) is 4.74 Å². The number of pyridine rings is 1. The Morgan fingerprint density at radius 1 is 1.20 bits per heavy atom. The number of ether oxygens (including phenoxy) is 1. The average Bonchev–Trinajstić information content (AvgIpc) is 3.12. The van der Waals surface area contributed by atoms with Crippen LogP contribution in [-0.2, 0) is 16.4 Å². The molecule has 7 nitrogen and oxygen atoms in total. The van der Waals surface area contributed by atoms with Crippen LogP contribution in [0.3, 0.4) is 0 Å². The summed E-state index contributed by atoms with van der Waals surface area (Å²) in [5.41, 5.74) is 0.926. The standard InChI is InChI=1S/C16H16N4O3S2/c1-23-16-15(13-6-5-12(9-17-13)25(2,21)22)20-14(10-19-16)18-8-11-4-3-7-24-11/h3-7,9-10H,8H2,1-2H3,(H,18,20). The minimum Gasteiger partial charge on any atom is -0.479 e. The molecule has 0 aliphatic carbocycles. The van der Waals surface area contributed by atoms with Crippen LogP contribution in [0.2, 0.25) is 0 Å². The van der Waals surface area contributed by atoms with E-state index in [1.165, 1.54) is 24.3 Å². The Kier molecular flexibility index (Phi) is 4.95. The fourth-order valence-electron chi connectivity index (χ4n) is 2.11. The van der Waals surface area contributed by atoms with Gasteiger partial charge < -0.3 is 10.1 Å². The first kappa shape index (κ1) is 17.3. The van der Waals surface area contributed by atoms with E-state index in [9.17, 15) is 8.42 Å². The first-order chi connectivity index (χ1) is 12.0. The Labute approximate surface area is 149 Å². The molecule has 3 rings (SSSR count). The van der Waals surface area contributed by atoms with Crippen LogP contribution in [0.4, 0.5) is 5.82 Å². The van der Waals surface area contributed by atoms with Crippen molar-refractivity contribution < 1.29 is 13.2 Å². The molecule has 130 valence electrons. The van der Waals surface area contributed by atoms with Gasteiger partial charge >= 0.3 is 0 Å². The van der Waals surface area contributed by atoms with Gasteiger partial charge in [-0.1, -0.05) is 6.07 Å². The first-order valence-electron chi connectivity index (χ1n) is 7.31. The van der Waals surface area contributed by atoms with Gasteiger partial charge in [0.15, 0.2) is 15.5 Å². The molecule has 0 saturated heterocycles. The van der Waals surface area contributed by atoms with Gasteiger partial charge in [0.05, 0.1) is 30.4 Å². The molecule has 0 radical (unpaired) electrons. The molecule has 0 unspecified atom stereocenters. The SMILES string of the molecule is COc1ncc(NCc2cccs2)nc1-c1ccc(S(C)(=O)=O)cn1. The molecule has 3 aromatic rings. The number of anilines is 1. The topological polar surface area (TPSA) is 94.1 Å². The Morgan fingerprint density at radius 2 is 2.04 bits per heavy atom. The Balaban J connectivity index is 1.89. The molecule has 0 bridgehead atoms. The summed E-state index contributed by atoms with van der Waals surface area (Å²) in [6, 6.07) is 7.09. The summed E-state index contributed by atoms with van der Waals surface area (Å²) < 4.78 is 28.4. The third-order valence-corrected chi connectivity index (χ3v) is 5.34. The average molecular weight is 376 g/mol. The molecular weight excluding hydrogens is 360 g/mol. The van der Waals surface area contributed by atoms with E-state index in [1.807, 2.05) is 17.5 Å². The van der Waals surface area contributed by atoms with Gasteiger partial charge in [-0.25, -0.2) is 18.4 Å². The molecule has 1 N–H and O–H groups in total.